The molecular weight excluding hydrogens is 281 g/mol. The molecule has 0 saturated carbocycles. The maximum Gasteiger partial charge on any atom is 0.344 e. The second-order valence-corrected chi connectivity index (χ2v) is 5.53. The first-order valence-corrected chi connectivity index (χ1v) is 6.87. The summed E-state index contributed by atoms with van der Waals surface area (Å²) in [6.45, 7) is 5.03. The molecule has 0 spiro atoms. The fourth-order valence-electron chi connectivity index (χ4n) is 1.80. The van der Waals surface area contributed by atoms with Gasteiger partial charge in [-0.05, 0) is 38.6 Å². The molecule has 0 fully saturated rings. The molecule has 0 radical (unpaired) electrons. The summed E-state index contributed by atoms with van der Waals surface area (Å²) in [7, 11) is 0. The molecule has 1 N–H and O–H groups in total. The van der Waals surface area contributed by atoms with Gasteiger partial charge in [0.2, 0.25) is 0 Å². The summed E-state index contributed by atoms with van der Waals surface area (Å²) >= 11 is 0.970. The van der Waals surface area contributed by atoms with E-state index in [1.807, 2.05) is 13.8 Å². The zero-order valence-electron chi connectivity index (χ0n) is 11.3. The Kier molecular flexibility index (Phi) is 4.08. The van der Waals surface area contributed by atoms with Gasteiger partial charge in [0.05, 0.1) is 4.90 Å². The Labute approximate surface area is 119 Å². The molecule has 0 bridgehead atoms. The summed E-state index contributed by atoms with van der Waals surface area (Å²) in [5.74, 6) is -0.741. The molecule has 0 unspecified atom stereocenters. The zero-order chi connectivity index (χ0) is 14.9. The van der Waals surface area contributed by atoms with Gasteiger partial charge in [-0.3, -0.25) is 9.36 Å². The van der Waals surface area contributed by atoms with Crippen LogP contribution in [0.25, 0.3) is 0 Å². The van der Waals surface area contributed by atoms with E-state index in [2.05, 4.69) is 10.2 Å². The molecule has 0 amide bonds. The maximum absolute atomic E-state index is 13.9. The number of nitrogens with one attached hydrogen (secondary N) is 1. The molecule has 0 atom stereocenters. The lowest BCUT2D eigenvalue weighted by molar-refractivity contribution is 0.101. The van der Waals surface area contributed by atoms with Crippen molar-refractivity contribution in [2.75, 3.05) is 0 Å². The Morgan fingerprint density at radius 2 is 2.15 bits per heavy atom. The molecule has 0 aliphatic rings. The number of aromatic amines is 1. The Balaban J connectivity index is 2.51. The molecule has 5 nitrogen and oxygen atoms in total. The molecule has 1 aromatic heterocycles. The van der Waals surface area contributed by atoms with Crippen LogP contribution in [-0.2, 0) is 0 Å². The van der Waals surface area contributed by atoms with Crippen molar-refractivity contribution in [3.63, 3.8) is 0 Å². The van der Waals surface area contributed by atoms with Crippen LogP contribution >= 0.6 is 11.8 Å². The summed E-state index contributed by atoms with van der Waals surface area (Å²) in [6, 6.07) is 4.20. The van der Waals surface area contributed by atoms with Gasteiger partial charge in [-0.2, -0.15) is 0 Å². The SMILES string of the molecule is CC(=O)c1cccc(F)c1Sc1n[nH]c(=O)n1C(C)C. The first kappa shape index (κ1) is 14.5. The minimum atomic E-state index is -0.506. The number of ketones is 1. The van der Waals surface area contributed by atoms with E-state index in [1.165, 1.54) is 23.6 Å². The minimum Gasteiger partial charge on any atom is -0.294 e. The largest absolute Gasteiger partial charge is 0.344 e. The number of aromatic nitrogens is 3. The van der Waals surface area contributed by atoms with Crippen LogP contribution in [0.3, 0.4) is 0 Å². The van der Waals surface area contributed by atoms with Crippen molar-refractivity contribution in [2.24, 2.45) is 0 Å². The maximum atomic E-state index is 13.9. The van der Waals surface area contributed by atoms with Gasteiger partial charge in [0.1, 0.15) is 5.82 Å². The van der Waals surface area contributed by atoms with E-state index < -0.39 is 5.82 Å². The number of benzene rings is 1. The first-order chi connectivity index (χ1) is 9.41. The van der Waals surface area contributed by atoms with Crippen LogP contribution in [0.4, 0.5) is 4.39 Å². The van der Waals surface area contributed by atoms with Crippen molar-refractivity contribution < 1.29 is 9.18 Å². The molecule has 20 heavy (non-hydrogen) atoms. The van der Waals surface area contributed by atoms with Gasteiger partial charge in [0, 0.05) is 11.6 Å². The molecule has 106 valence electrons. The van der Waals surface area contributed by atoms with Gasteiger partial charge in [-0.1, -0.05) is 12.1 Å². The lowest BCUT2D eigenvalue weighted by Gasteiger charge is -2.10. The van der Waals surface area contributed by atoms with Crippen molar-refractivity contribution in [2.45, 2.75) is 36.9 Å². The second kappa shape index (κ2) is 5.62. The van der Waals surface area contributed by atoms with E-state index >= 15 is 0 Å². The van der Waals surface area contributed by atoms with Gasteiger partial charge in [-0.15, -0.1) is 5.10 Å². The van der Waals surface area contributed by atoms with Crippen molar-refractivity contribution >= 4 is 17.5 Å². The normalized spacial score (nSPS) is 11.1. The number of H-pyrrole nitrogens is 1. The predicted molar refractivity (Wildman–Crippen MR) is 73.8 cm³/mol. The fraction of sp³-hybridized carbons (Fsp3) is 0.308. The van der Waals surface area contributed by atoms with E-state index in [9.17, 15) is 14.0 Å². The molecule has 2 aromatic rings. The van der Waals surface area contributed by atoms with Gasteiger partial charge < -0.3 is 0 Å². The van der Waals surface area contributed by atoms with E-state index in [0.717, 1.165) is 11.8 Å². The molecular formula is C13H14FN3O2S. The minimum absolute atomic E-state index is 0.115. The van der Waals surface area contributed by atoms with Crippen LogP contribution in [-0.4, -0.2) is 20.5 Å². The lowest BCUT2D eigenvalue weighted by atomic mass is 10.1. The van der Waals surface area contributed by atoms with Crippen molar-refractivity contribution in [1.82, 2.24) is 14.8 Å². The number of hydrogen-bond donors (Lipinski definition) is 1. The van der Waals surface area contributed by atoms with Crippen LogP contribution in [0.1, 0.15) is 37.2 Å². The third-order valence-corrected chi connectivity index (χ3v) is 3.82. The first-order valence-electron chi connectivity index (χ1n) is 6.06. The molecule has 1 aromatic carbocycles. The highest BCUT2D eigenvalue weighted by atomic mass is 32.2. The average Bonchev–Trinajstić information content (AvgIpc) is 2.72. The lowest BCUT2D eigenvalue weighted by Crippen LogP contribution is -2.19. The summed E-state index contributed by atoms with van der Waals surface area (Å²) < 4.78 is 15.4. The molecule has 0 aliphatic heterocycles. The molecule has 2 rings (SSSR count). The highest BCUT2D eigenvalue weighted by molar-refractivity contribution is 7.99. The third kappa shape index (κ3) is 2.67. The molecule has 7 heteroatoms. The monoisotopic (exact) mass is 295 g/mol. The van der Waals surface area contributed by atoms with E-state index in [0.29, 0.717) is 5.16 Å². The summed E-state index contributed by atoms with van der Waals surface area (Å²) in [5.41, 5.74) is -0.0797. The van der Waals surface area contributed by atoms with E-state index in [1.54, 1.807) is 6.07 Å². The Morgan fingerprint density at radius 1 is 1.45 bits per heavy atom. The number of carbonyl (C=O) groups is 1. The van der Waals surface area contributed by atoms with E-state index in [4.69, 9.17) is 0 Å². The smallest absolute Gasteiger partial charge is 0.294 e. The molecule has 0 aliphatic carbocycles. The van der Waals surface area contributed by atoms with E-state index in [-0.39, 0.29) is 28.0 Å². The third-order valence-electron chi connectivity index (χ3n) is 2.73. The van der Waals surface area contributed by atoms with Crippen LogP contribution in [0.15, 0.2) is 33.0 Å². The quantitative estimate of drug-likeness (QED) is 0.880. The van der Waals surface area contributed by atoms with Crippen LogP contribution in [0.5, 0.6) is 0 Å². The van der Waals surface area contributed by atoms with Crippen LogP contribution in [0, 0.1) is 5.82 Å². The number of halogens is 1. The van der Waals surface area contributed by atoms with Crippen molar-refractivity contribution in [3.05, 3.63) is 40.1 Å². The zero-order valence-corrected chi connectivity index (χ0v) is 12.1. The molecule has 0 saturated heterocycles. The average molecular weight is 295 g/mol. The number of nitrogens with zero attached hydrogens (tertiary/aromatic N) is 2. The van der Waals surface area contributed by atoms with Gasteiger partial charge in [0.25, 0.3) is 0 Å². The van der Waals surface area contributed by atoms with Gasteiger partial charge >= 0.3 is 5.69 Å². The standard InChI is InChI=1S/C13H14FN3O2S/c1-7(2)17-12(19)15-16-13(17)20-11-9(8(3)18)5-4-6-10(11)14/h4-7H,1-3H3,(H,15,19). The summed E-state index contributed by atoms with van der Waals surface area (Å²) in [6.07, 6.45) is 0. The van der Waals surface area contributed by atoms with Crippen LogP contribution < -0.4 is 5.69 Å². The molecule has 1 heterocycles. The van der Waals surface area contributed by atoms with Crippen molar-refractivity contribution in [3.8, 4) is 0 Å². The highest BCUT2D eigenvalue weighted by Crippen LogP contribution is 2.32. The van der Waals surface area contributed by atoms with Crippen molar-refractivity contribution in [1.29, 1.82) is 0 Å². The van der Waals surface area contributed by atoms with Gasteiger partial charge in [0.15, 0.2) is 10.9 Å². The van der Waals surface area contributed by atoms with Gasteiger partial charge in [-0.25, -0.2) is 14.3 Å². The topological polar surface area (TPSA) is 67.8 Å². The number of hydrogen-bond acceptors (Lipinski definition) is 4. The summed E-state index contributed by atoms with van der Waals surface area (Å²) in [5, 5.41) is 6.55. The second-order valence-electron chi connectivity index (χ2n) is 4.55. The Morgan fingerprint density at radius 3 is 2.75 bits per heavy atom. The Bertz CT molecular complexity index is 706. The highest BCUT2D eigenvalue weighted by Gasteiger charge is 2.18. The Hall–Kier alpha value is -1.89. The number of Topliss-reactive ketones (excluding diaryl/α,β-unsaturated/α-hetero) is 1. The predicted octanol–water partition coefficient (Wildman–Crippen LogP) is 2.65. The number of rotatable bonds is 4. The number of carbonyl (C=O) groups excluding carboxylic acids is 1. The fourth-order valence-corrected chi connectivity index (χ4v) is 2.95. The van der Waals surface area contributed by atoms with Crippen LogP contribution in [0.2, 0.25) is 0 Å². The summed E-state index contributed by atoms with van der Waals surface area (Å²) in [4.78, 5) is 23.4.